The van der Waals surface area contributed by atoms with E-state index in [1.54, 1.807) is 0 Å². The van der Waals surface area contributed by atoms with Gasteiger partial charge in [-0.3, -0.25) is 29.4 Å². The molecule has 0 saturated carbocycles. The fourth-order valence-electron chi connectivity index (χ4n) is 4.61. The van der Waals surface area contributed by atoms with Crippen molar-refractivity contribution < 1.29 is 23.6 Å². The molecule has 8 nitrogen and oxygen atoms in total. The molecule has 1 aromatic rings. The zero-order chi connectivity index (χ0) is 18.9. The number of benzene rings is 1. The first-order valence-corrected chi connectivity index (χ1v) is 9.00. The van der Waals surface area contributed by atoms with Crippen LogP contribution >= 0.6 is 0 Å². The number of piperazine rings is 1. The van der Waals surface area contributed by atoms with Crippen molar-refractivity contribution in [3.05, 3.63) is 29.1 Å². The van der Waals surface area contributed by atoms with Crippen LogP contribution in [0.4, 0.5) is 10.1 Å². The quantitative estimate of drug-likeness (QED) is 0.697. The first-order valence-electron chi connectivity index (χ1n) is 9.00. The van der Waals surface area contributed by atoms with Crippen molar-refractivity contribution in [2.24, 2.45) is 0 Å². The average molecular weight is 372 g/mol. The van der Waals surface area contributed by atoms with Gasteiger partial charge in [0.25, 0.3) is 11.8 Å². The van der Waals surface area contributed by atoms with E-state index in [1.165, 1.54) is 12.1 Å². The lowest BCUT2D eigenvalue weighted by molar-refractivity contribution is -0.136. The largest absolute Gasteiger partial charge is 0.360 e. The number of nitrogens with one attached hydrogen (secondary N) is 2. The maximum absolute atomic E-state index is 14.8. The first-order chi connectivity index (χ1) is 13.0. The number of imide groups is 2. The molecule has 3 unspecified atom stereocenters. The van der Waals surface area contributed by atoms with Crippen LogP contribution in [0.15, 0.2) is 12.1 Å². The van der Waals surface area contributed by atoms with Gasteiger partial charge in [0, 0.05) is 31.6 Å². The monoisotopic (exact) mass is 372 g/mol. The molecule has 140 valence electrons. The lowest BCUT2D eigenvalue weighted by atomic mass is 9.86. The number of hydrogen-bond acceptors (Lipinski definition) is 6. The van der Waals surface area contributed by atoms with E-state index in [-0.39, 0.29) is 41.7 Å². The molecule has 5 rings (SSSR count). The summed E-state index contributed by atoms with van der Waals surface area (Å²) < 4.78 is 14.8. The van der Waals surface area contributed by atoms with E-state index < -0.39 is 35.5 Å². The molecule has 1 aromatic carbocycles. The van der Waals surface area contributed by atoms with Gasteiger partial charge in [0.1, 0.15) is 11.9 Å². The van der Waals surface area contributed by atoms with Gasteiger partial charge in [-0.25, -0.2) is 4.39 Å². The van der Waals surface area contributed by atoms with Crippen molar-refractivity contribution in [1.82, 2.24) is 15.5 Å². The van der Waals surface area contributed by atoms with Crippen LogP contribution in [-0.4, -0.2) is 59.7 Å². The molecule has 9 heteroatoms. The third kappa shape index (κ3) is 2.18. The van der Waals surface area contributed by atoms with Gasteiger partial charge in [0.15, 0.2) is 0 Å². The maximum atomic E-state index is 14.8. The van der Waals surface area contributed by atoms with E-state index in [4.69, 9.17) is 0 Å². The summed E-state index contributed by atoms with van der Waals surface area (Å²) in [5, 5.41) is 5.41. The SMILES string of the molecule is O=C1CCC(N2C(=O)c3ccc(F)c(N4C5CNCC4C5)c3C2=O)C(=O)N1. The minimum Gasteiger partial charge on any atom is -0.360 e. The van der Waals surface area contributed by atoms with Crippen LogP contribution in [-0.2, 0) is 9.59 Å². The number of piperidine rings is 2. The predicted molar refractivity (Wildman–Crippen MR) is 90.6 cm³/mol. The number of carbonyl (C=O) groups excluding carboxylic acids is 4. The van der Waals surface area contributed by atoms with Crippen molar-refractivity contribution in [2.75, 3.05) is 18.0 Å². The second kappa shape index (κ2) is 5.59. The van der Waals surface area contributed by atoms with Crippen LogP contribution in [0.25, 0.3) is 0 Å². The fourth-order valence-corrected chi connectivity index (χ4v) is 4.61. The third-order valence-corrected chi connectivity index (χ3v) is 5.88. The highest BCUT2D eigenvalue weighted by atomic mass is 19.1. The van der Waals surface area contributed by atoms with Crippen molar-refractivity contribution in [3.8, 4) is 0 Å². The molecule has 3 saturated heterocycles. The van der Waals surface area contributed by atoms with Crippen molar-refractivity contribution in [1.29, 1.82) is 0 Å². The zero-order valence-corrected chi connectivity index (χ0v) is 14.3. The summed E-state index contributed by atoms with van der Waals surface area (Å²) >= 11 is 0. The molecule has 27 heavy (non-hydrogen) atoms. The summed E-state index contributed by atoms with van der Waals surface area (Å²) in [6, 6.07) is 1.61. The normalized spacial score (nSPS) is 29.6. The molecule has 4 aliphatic rings. The van der Waals surface area contributed by atoms with Gasteiger partial charge >= 0.3 is 0 Å². The van der Waals surface area contributed by atoms with E-state index in [0.29, 0.717) is 13.1 Å². The molecular formula is C18H17FN4O4. The molecule has 3 atom stereocenters. The fraction of sp³-hybridized carbons (Fsp3) is 0.444. The second-order valence-electron chi connectivity index (χ2n) is 7.37. The molecule has 0 spiro atoms. The van der Waals surface area contributed by atoms with Crippen LogP contribution in [0.5, 0.6) is 0 Å². The number of amides is 4. The molecule has 2 N–H and O–H groups in total. The Hall–Kier alpha value is -2.81. The van der Waals surface area contributed by atoms with Crippen molar-refractivity contribution in [3.63, 3.8) is 0 Å². The molecular weight excluding hydrogens is 355 g/mol. The number of nitrogens with zero attached hydrogens (tertiary/aromatic N) is 2. The van der Waals surface area contributed by atoms with Gasteiger partial charge in [0.05, 0.1) is 16.8 Å². The van der Waals surface area contributed by atoms with Crippen LogP contribution in [0.2, 0.25) is 0 Å². The lowest BCUT2D eigenvalue weighted by Crippen LogP contribution is -2.68. The third-order valence-electron chi connectivity index (χ3n) is 5.88. The summed E-state index contributed by atoms with van der Waals surface area (Å²) in [5.41, 5.74) is 0.295. The molecule has 4 heterocycles. The topological polar surface area (TPSA) is 98.8 Å². The Balaban J connectivity index is 1.56. The Kier molecular flexibility index (Phi) is 3.39. The highest BCUT2D eigenvalue weighted by Crippen LogP contribution is 2.42. The number of fused-ring (bicyclic) bond motifs is 3. The van der Waals surface area contributed by atoms with E-state index in [2.05, 4.69) is 10.6 Å². The Labute approximate surface area is 153 Å². The average Bonchev–Trinajstić information content (AvgIpc) is 2.89. The summed E-state index contributed by atoms with van der Waals surface area (Å²) in [6.45, 7) is 1.39. The van der Waals surface area contributed by atoms with Gasteiger partial charge in [-0.1, -0.05) is 0 Å². The Morgan fingerprint density at radius 3 is 2.44 bits per heavy atom. The second-order valence-corrected chi connectivity index (χ2v) is 7.37. The van der Waals surface area contributed by atoms with Gasteiger partial charge in [-0.15, -0.1) is 0 Å². The Morgan fingerprint density at radius 1 is 1.04 bits per heavy atom. The number of carbonyl (C=O) groups is 4. The summed E-state index contributed by atoms with van der Waals surface area (Å²) in [4.78, 5) is 52.3. The molecule has 4 aliphatic heterocycles. The van der Waals surface area contributed by atoms with Crippen molar-refractivity contribution >= 4 is 29.3 Å². The minimum atomic E-state index is -1.05. The molecule has 2 bridgehead atoms. The first kappa shape index (κ1) is 16.4. The number of hydrogen-bond donors (Lipinski definition) is 2. The van der Waals surface area contributed by atoms with Gasteiger partial charge in [-0.05, 0) is 25.0 Å². The highest BCUT2D eigenvalue weighted by molar-refractivity contribution is 6.25. The smallest absolute Gasteiger partial charge is 0.264 e. The van der Waals surface area contributed by atoms with Gasteiger partial charge in [0.2, 0.25) is 11.8 Å². The lowest BCUT2D eigenvalue weighted by Gasteiger charge is -2.54. The Morgan fingerprint density at radius 2 is 1.78 bits per heavy atom. The standard InChI is InChI=1S/C18H17FN4O4/c19-11-2-1-10-14(15(11)22-8-5-9(22)7-20-6-8)18(27)23(17(10)26)12-3-4-13(24)21-16(12)25/h1-2,8-9,12,20H,3-7H2,(H,21,24,25). The van der Waals surface area contributed by atoms with E-state index in [9.17, 15) is 23.6 Å². The molecule has 0 aromatic heterocycles. The van der Waals surface area contributed by atoms with Gasteiger partial charge < -0.3 is 10.2 Å². The van der Waals surface area contributed by atoms with Gasteiger partial charge in [-0.2, -0.15) is 0 Å². The number of rotatable bonds is 2. The number of anilines is 1. The molecule has 0 aliphatic carbocycles. The maximum Gasteiger partial charge on any atom is 0.264 e. The molecule has 3 fully saturated rings. The van der Waals surface area contributed by atoms with Crippen LogP contribution in [0.1, 0.15) is 40.0 Å². The van der Waals surface area contributed by atoms with Crippen LogP contribution in [0.3, 0.4) is 0 Å². The van der Waals surface area contributed by atoms with Crippen LogP contribution < -0.4 is 15.5 Å². The van der Waals surface area contributed by atoms with Crippen molar-refractivity contribution in [2.45, 2.75) is 37.4 Å². The highest BCUT2D eigenvalue weighted by Gasteiger charge is 2.50. The van der Waals surface area contributed by atoms with E-state index in [0.717, 1.165) is 11.3 Å². The minimum absolute atomic E-state index is 0.0290. The summed E-state index contributed by atoms with van der Waals surface area (Å²) in [7, 11) is 0. The van der Waals surface area contributed by atoms with Crippen LogP contribution in [0, 0.1) is 5.82 Å². The summed E-state index contributed by atoms with van der Waals surface area (Å²) in [6.07, 6.45) is 1.04. The zero-order valence-electron chi connectivity index (χ0n) is 14.3. The number of halogens is 1. The summed E-state index contributed by atoms with van der Waals surface area (Å²) in [5.74, 6) is -2.93. The molecule has 4 amide bonds. The predicted octanol–water partition coefficient (Wildman–Crippen LogP) is -0.223. The Bertz CT molecular complexity index is 903. The van der Waals surface area contributed by atoms with E-state index >= 15 is 0 Å². The van der Waals surface area contributed by atoms with E-state index in [1.807, 2.05) is 4.90 Å². The molecule has 0 radical (unpaired) electrons.